The first-order valence-corrected chi connectivity index (χ1v) is 6.00. The number of rotatable bonds is 3. The molecule has 0 spiro atoms. The molecule has 1 aromatic carbocycles. The van der Waals surface area contributed by atoms with E-state index >= 15 is 0 Å². The van der Waals surface area contributed by atoms with Gasteiger partial charge in [-0.2, -0.15) is 0 Å². The van der Waals surface area contributed by atoms with Crippen LogP contribution in [0.1, 0.15) is 39.7 Å². The van der Waals surface area contributed by atoms with E-state index in [0.29, 0.717) is 0 Å². The fraction of sp³-hybridized carbons (Fsp3) is 0.400. The Morgan fingerprint density at radius 3 is 2.29 bits per heavy atom. The normalized spacial score (nSPS) is 12.4. The van der Waals surface area contributed by atoms with Crippen molar-refractivity contribution in [1.82, 2.24) is 5.32 Å². The predicted octanol–water partition coefficient (Wildman–Crippen LogP) is 3.39. The number of hydrogen-bond acceptors (Lipinski definition) is 1. The van der Waals surface area contributed by atoms with E-state index in [1.807, 2.05) is 51.1 Å². The molecule has 92 valence electrons. The summed E-state index contributed by atoms with van der Waals surface area (Å²) in [4.78, 5) is 11.8. The first-order valence-electron chi connectivity index (χ1n) is 6.00. The number of amides is 1. The van der Waals surface area contributed by atoms with E-state index in [0.717, 1.165) is 17.6 Å². The summed E-state index contributed by atoms with van der Waals surface area (Å²) in [6.45, 7) is 8.00. The second kappa shape index (κ2) is 5.67. The number of benzene rings is 1. The number of nitrogens with one attached hydrogen (secondary N) is 1. The molecule has 17 heavy (non-hydrogen) atoms. The van der Waals surface area contributed by atoms with Crippen LogP contribution in [0, 0.1) is 0 Å². The molecule has 2 heteroatoms. The Kier molecular flexibility index (Phi) is 4.50. The van der Waals surface area contributed by atoms with Gasteiger partial charge in [0.1, 0.15) is 0 Å². The molecule has 0 aromatic heterocycles. The van der Waals surface area contributed by atoms with E-state index in [1.165, 1.54) is 0 Å². The van der Waals surface area contributed by atoms with E-state index in [4.69, 9.17) is 0 Å². The molecule has 0 saturated heterocycles. The lowest BCUT2D eigenvalue weighted by Crippen LogP contribution is -2.39. The zero-order valence-electron chi connectivity index (χ0n) is 11.1. The van der Waals surface area contributed by atoms with Gasteiger partial charge in [-0.25, -0.2) is 0 Å². The summed E-state index contributed by atoms with van der Waals surface area (Å²) in [5, 5.41) is 2.94. The average molecular weight is 231 g/mol. The lowest BCUT2D eigenvalue weighted by molar-refractivity contribution is -0.117. The van der Waals surface area contributed by atoms with Crippen molar-refractivity contribution in [3.05, 3.63) is 42.0 Å². The van der Waals surface area contributed by atoms with E-state index < -0.39 is 0 Å². The average Bonchev–Trinajstić information content (AvgIpc) is 2.24. The second-order valence-electron chi connectivity index (χ2n) is 5.13. The predicted molar refractivity (Wildman–Crippen MR) is 72.6 cm³/mol. The van der Waals surface area contributed by atoms with Crippen LogP contribution < -0.4 is 5.32 Å². The summed E-state index contributed by atoms with van der Waals surface area (Å²) in [6, 6.07) is 10.0. The molecule has 0 saturated carbocycles. The van der Waals surface area contributed by atoms with E-state index in [1.54, 1.807) is 6.08 Å². The molecule has 0 aliphatic heterocycles. The largest absolute Gasteiger partial charge is 0.348 e. The molecule has 0 atom stereocenters. The van der Waals surface area contributed by atoms with Gasteiger partial charge in [0.15, 0.2) is 0 Å². The lowest BCUT2D eigenvalue weighted by atomic mass is 10.0. The van der Waals surface area contributed by atoms with Gasteiger partial charge in [0.2, 0.25) is 5.91 Å². The van der Waals surface area contributed by atoms with Gasteiger partial charge in [0.05, 0.1) is 0 Å². The van der Waals surface area contributed by atoms with Gasteiger partial charge < -0.3 is 5.32 Å². The van der Waals surface area contributed by atoms with Crippen LogP contribution in [0.3, 0.4) is 0 Å². The summed E-state index contributed by atoms with van der Waals surface area (Å²) in [5.41, 5.74) is 1.98. The SMILES string of the molecule is CC/C(=C\C(=O)NC(C)(C)C)c1ccccc1. The maximum atomic E-state index is 11.8. The minimum Gasteiger partial charge on any atom is -0.348 e. The molecule has 0 unspecified atom stereocenters. The molecule has 0 heterocycles. The van der Waals surface area contributed by atoms with Gasteiger partial charge >= 0.3 is 0 Å². The number of hydrogen-bond donors (Lipinski definition) is 1. The first kappa shape index (κ1) is 13.5. The molecule has 0 bridgehead atoms. The Hall–Kier alpha value is -1.57. The van der Waals surface area contributed by atoms with Crippen LogP contribution in [0.15, 0.2) is 36.4 Å². The van der Waals surface area contributed by atoms with E-state index in [-0.39, 0.29) is 11.4 Å². The van der Waals surface area contributed by atoms with Crippen molar-refractivity contribution in [3.8, 4) is 0 Å². The van der Waals surface area contributed by atoms with Crippen molar-refractivity contribution in [1.29, 1.82) is 0 Å². The molecular weight excluding hydrogens is 210 g/mol. The van der Waals surface area contributed by atoms with Crippen LogP contribution >= 0.6 is 0 Å². The van der Waals surface area contributed by atoms with Crippen molar-refractivity contribution in [3.63, 3.8) is 0 Å². The van der Waals surface area contributed by atoms with Crippen molar-refractivity contribution >= 4 is 11.5 Å². The van der Waals surface area contributed by atoms with Crippen LogP contribution in [0.2, 0.25) is 0 Å². The zero-order chi connectivity index (χ0) is 12.9. The Morgan fingerprint density at radius 1 is 1.24 bits per heavy atom. The van der Waals surface area contributed by atoms with Gasteiger partial charge in [0, 0.05) is 11.6 Å². The molecule has 2 nitrogen and oxygen atoms in total. The third-order valence-corrected chi connectivity index (χ3v) is 2.33. The molecule has 0 aliphatic carbocycles. The fourth-order valence-corrected chi connectivity index (χ4v) is 1.61. The van der Waals surface area contributed by atoms with Crippen LogP contribution in [-0.4, -0.2) is 11.4 Å². The summed E-state index contributed by atoms with van der Waals surface area (Å²) in [5.74, 6) is -0.0294. The third kappa shape index (κ3) is 4.85. The van der Waals surface area contributed by atoms with E-state index in [2.05, 4.69) is 12.2 Å². The maximum absolute atomic E-state index is 11.8. The summed E-state index contributed by atoms with van der Waals surface area (Å²) >= 11 is 0. The van der Waals surface area contributed by atoms with Gasteiger partial charge in [0.25, 0.3) is 0 Å². The molecule has 0 radical (unpaired) electrons. The molecule has 0 aliphatic rings. The van der Waals surface area contributed by atoms with Crippen LogP contribution in [-0.2, 0) is 4.79 Å². The van der Waals surface area contributed by atoms with Gasteiger partial charge in [-0.15, -0.1) is 0 Å². The minimum atomic E-state index is -0.191. The Morgan fingerprint density at radius 2 is 1.82 bits per heavy atom. The standard InChI is InChI=1S/C15H21NO/c1-5-12(13-9-7-6-8-10-13)11-14(17)16-15(2,3)4/h6-11H,5H2,1-4H3,(H,16,17)/b12-11+. The van der Waals surface area contributed by atoms with E-state index in [9.17, 15) is 4.79 Å². The van der Waals surface area contributed by atoms with Gasteiger partial charge in [-0.05, 0) is 38.3 Å². The number of carbonyl (C=O) groups excluding carboxylic acids is 1. The maximum Gasteiger partial charge on any atom is 0.244 e. The molecule has 1 amide bonds. The van der Waals surface area contributed by atoms with Crippen molar-refractivity contribution in [2.45, 2.75) is 39.7 Å². The van der Waals surface area contributed by atoms with Gasteiger partial charge in [-0.1, -0.05) is 37.3 Å². The number of carbonyl (C=O) groups is 1. The Balaban J connectivity index is 2.85. The Labute approximate surface area is 104 Å². The molecule has 1 rings (SSSR count). The summed E-state index contributed by atoms with van der Waals surface area (Å²) in [7, 11) is 0. The fourth-order valence-electron chi connectivity index (χ4n) is 1.61. The molecule has 1 N–H and O–H groups in total. The van der Waals surface area contributed by atoms with Crippen molar-refractivity contribution < 1.29 is 4.79 Å². The van der Waals surface area contributed by atoms with Crippen LogP contribution in [0.25, 0.3) is 5.57 Å². The summed E-state index contributed by atoms with van der Waals surface area (Å²) < 4.78 is 0. The Bertz CT molecular complexity index is 399. The molecular formula is C15H21NO. The highest BCUT2D eigenvalue weighted by atomic mass is 16.1. The quantitative estimate of drug-likeness (QED) is 0.794. The molecule has 1 aromatic rings. The summed E-state index contributed by atoms with van der Waals surface area (Å²) in [6.07, 6.45) is 2.54. The van der Waals surface area contributed by atoms with Crippen molar-refractivity contribution in [2.75, 3.05) is 0 Å². The first-order chi connectivity index (χ1) is 7.92. The minimum absolute atomic E-state index is 0.0294. The number of allylic oxidation sites excluding steroid dienone is 1. The highest BCUT2D eigenvalue weighted by Gasteiger charge is 2.12. The third-order valence-electron chi connectivity index (χ3n) is 2.33. The monoisotopic (exact) mass is 231 g/mol. The highest BCUT2D eigenvalue weighted by molar-refractivity contribution is 5.95. The molecule has 0 fully saturated rings. The zero-order valence-corrected chi connectivity index (χ0v) is 11.1. The van der Waals surface area contributed by atoms with Crippen molar-refractivity contribution in [2.24, 2.45) is 0 Å². The highest BCUT2D eigenvalue weighted by Crippen LogP contribution is 2.17. The van der Waals surface area contributed by atoms with Gasteiger partial charge in [-0.3, -0.25) is 4.79 Å². The topological polar surface area (TPSA) is 29.1 Å². The van der Waals surface area contributed by atoms with Crippen LogP contribution in [0.4, 0.5) is 0 Å². The van der Waals surface area contributed by atoms with Crippen LogP contribution in [0.5, 0.6) is 0 Å². The second-order valence-corrected chi connectivity index (χ2v) is 5.13. The smallest absolute Gasteiger partial charge is 0.244 e. The lowest BCUT2D eigenvalue weighted by Gasteiger charge is -2.19.